The van der Waals surface area contributed by atoms with E-state index in [1.165, 1.54) is 250 Å². The Morgan fingerprint density at radius 3 is 0.771 bits per heavy atom. The smallest absolute Gasteiger partial charge is 0.306 e. The first-order valence-electron chi connectivity index (χ1n) is 31.7. The van der Waals surface area contributed by atoms with Gasteiger partial charge < -0.3 is 14.2 Å². The molecule has 0 spiro atoms. The molecule has 0 radical (unpaired) electrons. The van der Waals surface area contributed by atoms with Crippen LogP contribution in [0, 0.1) is 0 Å². The summed E-state index contributed by atoms with van der Waals surface area (Å²) in [7, 11) is 0. The highest BCUT2D eigenvalue weighted by atomic mass is 16.6. The van der Waals surface area contributed by atoms with Gasteiger partial charge in [-0.05, 0) is 38.5 Å². The van der Waals surface area contributed by atoms with E-state index in [1.54, 1.807) is 0 Å². The van der Waals surface area contributed by atoms with Crippen LogP contribution in [0.1, 0.15) is 361 Å². The molecule has 0 heterocycles. The zero-order chi connectivity index (χ0) is 50.7. The molecule has 0 aliphatic carbocycles. The molecule has 0 aromatic carbocycles. The molecule has 0 bridgehead atoms. The maximum absolute atomic E-state index is 12.8. The molecule has 0 saturated carbocycles. The minimum absolute atomic E-state index is 0.0666. The van der Waals surface area contributed by atoms with Gasteiger partial charge >= 0.3 is 17.9 Å². The number of carbonyl (C=O) groups is 3. The molecule has 1 atom stereocenters. The van der Waals surface area contributed by atoms with Crippen LogP contribution >= 0.6 is 0 Å². The Labute approximate surface area is 437 Å². The van der Waals surface area contributed by atoms with Gasteiger partial charge in [-0.2, -0.15) is 0 Å². The summed E-state index contributed by atoms with van der Waals surface area (Å²) in [6.45, 7) is 6.64. The van der Waals surface area contributed by atoms with Crippen molar-refractivity contribution >= 4 is 17.9 Å². The van der Waals surface area contributed by atoms with Gasteiger partial charge in [0.15, 0.2) is 6.10 Å². The number of esters is 3. The summed E-state index contributed by atoms with van der Waals surface area (Å²) in [5, 5.41) is 0. The second kappa shape index (κ2) is 59.7. The number of hydrogen-bond acceptors (Lipinski definition) is 6. The molecule has 0 amide bonds. The average Bonchev–Trinajstić information content (AvgIpc) is 3.36. The average molecular weight is 988 g/mol. The molecule has 414 valence electrons. The van der Waals surface area contributed by atoms with Gasteiger partial charge in [0.25, 0.3) is 0 Å². The Balaban J connectivity index is 4.06. The number of unbranched alkanes of at least 4 members (excludes halogenated alkanes) is 46. The van der Waals surface area contributed by atoms with Crippen LogP contribution in [-0.4, -0.2) is 37.2 Å². The summed E-state index contributed by atoms with van der Waals surface area (Å²) >= 11 is 0. The topological polar surface area (TPSA) is 78.9 Å². The minimum atomic E-state index is -0.767. The first kappa shape index (κ1) is 68.2. The summed E-state index contributed by atoms with van der Waals surface area (Å²) in [6.07, 6.45) is 69.6. The normalized spacial score (nSPS) is 12.0. The number of hydrogen-bond donors (Lipinski definition) is 0. The zero-order valence-corrected chi connectivity index (χ0v) is 47.6. The van der Waals surface area contributed by atoms with E-state index in [0.717, 1.165) is 70.6 Å². The van der Waals surface area contributed by atoms with Crippen molar-refractivity contribution in [3.63, 3.8) is 0 Å². The van der Waals surface area contributed by atoms with Gasteiger partial charge in [-0.3, -0.25) is 14.4 Å². The molecule has 0 aromatic heterocycles. The standard InChI is InChI=1S/C64H122O6/c1-4-7-10-13-16-19-22-24-26-27-28-29-30-31-32-33-34-35-36-37-38-39-41-42-45-48-51-54-57-63(66)69-60-61(59-68-62(65)56-53-50-47-44-21-18-15-12-9-6-3)70-64(67)58-55-52-49-46-43-40-25-23-20-17-14-11-8-5-2/h12,15,61H,4-11,13-14,16-60H2,1-3H3/b15-12-. The van der Waals surface area contributed by atoms with Crippen molar-refractivity contribution in [2.75, 3.05) is 13.2 Å². The van der Waals surface area contributed by atoms with Crippen LogP contribution < -0.4 is 0 Å². The van der Waals surface area contributed by atoms with E-state index in [1.807, 2.05) is 0 Å². The number of rotatable bonds is 59. The van der Waals surface area contributed by atoms with Crippen LogP contribution in [0.2, 0.25) is 0 Å². The molecular weight excluding hydrogens is 865 g/mol. The molecule has 6 heteroatoms. The molecule has 0 aromatic rings. The van der Waals surface area contributed by atoms with Crippen molar-refractivity contribution in [1.29, 1.82) is 0 Å². The van der Waals surface area contributed by atoms with E-state index in [2.05, 4.69) is 32.9 Å². The van der Waals surface area contributed by atoms with E-state index in [4.69, 9.17) is 14.2 Å². The highest BCUT2D eigenvalue weighted by molar-refractivity contribution is 5.71. The second-order valence-electron chi connectivity index (χ2n) is 21.7. The fourth-order valence-electron chi connectivity index (χ4n) is 9.74. The SMILES string of the molecule is CCC/C=C\CCCCCCCC(=O)OCC(COC(=O)CCCCCCCCCCCCCCCCCCCCCCCCCCCCCC)OC(=O)CCCCCCCCCCCCCCCC. The van der Waals surface area contributed by atoms with Crippen molar-refractivity contribution in [1.82, 2.24) is 0 Å². The van der Waals surface area contributed by atoms with Crippen LogP contribution in [0.5, 0.6) is 0 Å². The van der Waals surface area contributed by atoms with Gasteiger partial charge in [0.05, 0.1) is 0 Å². The summed E-state index contributed by atoms with van der Waals surface area (Å²) in [5.74, 6) is -0.853. The van der Waals surface area contributed by atoms with Crippen molar-refractivity contribution in [2.24, 2.45) is 0 Å². The molecule has 6 nitrogen and oxygen atoms in total. The lowest BCUT2D eigenvalue weighted by molar-refractivity contribution is -0.167. The van der Waals surface area contributed by atoms with E-state index in [-0.39, 0.29) is 31.1 Å². The zero-order valence-electron chi connectivity index (χ0n) is 47.6. The van der Waals surface area contributed by atoms with Crippen molar-refractivity contribution in [3.8, 4) is 0 Å². The molecule has 0 aliphatic rings. The maximum atomic E-state index is 12.8. The quantitative estimate of drug-likeness (QED) is 0.0261. The minimum Gasteiger partial charge on any atom is -0.462 e. The summed E-state index contributed by atoms with van der Waals surface area (Å²) in [6, 6.07) is 0. The number of carbonyl (C=O) groups excluding carboxylic acids is 3. The van der Waals surface area contributed by atoms with Gasteiger partial charge in [-0.15, -0.1) is 0 Å². The van der Waals surface area contributed by atoms with Crippen LogP contribution in [0.3, 0.4) is 0 Å². The molecular formula is C64H122O6. The third-order valence-corrected chi connectivity index (χ3v) is 14.5. The van der Waals surface area contributed by atoms with Gasteiger partial charge in [0, 0.05) is 19.3 Å². The number of ether oxygens (including phenoxy) is 3. The van der Waals surface area contributed by atoms with Crippen molar-refractivity contribution < 1.29 is 28.6 Å². The van der Waals surface area contributed by atoms with Crippen LogP contribution in [0.15, 0.2) is 12.2 Å². The Kier molecular flexibility index (Phi) is 58.1. The summed E-state index contributed by atoms with van der Waals surface area (Å²) in [4.78, 5) is 38.1. The lowest BCUT2D eigenvalue weighted by Gasteiger charge is -2.18. The fourth-order valence-corrected chi connectivity index (χ4v) is 9.74. The molecule has 0 N–H and O–H groups in total. The highest BCUT2D eigenvalue weighted by Crippen LogP contribution is 2.18. The molecule has 0 fully saturated rings. The summed E-state index contributed by atoms with van der Waals surface area (Å²) < 4.78 is 16.9. The predicted octanol–water partition coefficient (Wildman–Crippen LogP) is 21.3. The Bertz CT molecular complexity index is 1090. The maximum Gasteiger partial charge on any atom is 0.306 e. The van der Waals surface area contributed by atoms with E-state index in [0.29, 0.717) is 19.3 Å². The Hall–Kier alpha value is -1.85. The molecule has 0 aliphatic heterocycles. The molecule has 70 heavy (non-hydrogen) atoms. The van der Waals surface area contributed by atoms with Gasteiger partial charge in [-0.25, -0.2) is 0 Å². The monoisotopic (exact) mass is 987 g/mol. The van der Waals surface area contributed by atoms with E-state index >= 15 is 0 Å². The Morgan fingerprint density at radius 1 is 0.271 bits per heavy atom. The predicted molar refractivity (Wildman–Crippen MR) is 303 cm³/mol. The molecule has 1 unspecified atom stereocenters. The first-order chi connectivity index (χ1) is 34.5. The second-order valence-corrected chi connectivity index (χ2v) is 21.7. The Morgan fingerprint density at radius 2 is 0.500 bits per heavy atom. The first-order valence-corrected chi connectivity index (χ1v) is 31.7. The lowest BCUT2D eigenvalue weighted by Crippen LogP contribution is -2.30. The third-order valence-electron chi connectivity index (χ3n) is 14.5. The third kappa shape index (κ3) is 57.1. The van der Waals surface area contributed by atoms with Crippen LogP contribution in [-0.2, 0) is 28.6 Å². The van der Waals surface area contributed by atoms with Gasteiger partial charge in [0.1, 0.15) is 13.2 Å². The van der Waals surface area contributed by atoms with Gasteiger partial charge in [-0.1, -0.05) is 315 Å². The largest absolute Gasteiger partial charge is 0.462 e. The lowest BCUT2D eigenvalue weighted by atomic mass is 10.0. The van der Waals surface area contributed by atoms with E-state index < -0.39 is 6.10 Å². The highest BCUT2D eigenvalue weighted by Gasteiger charge is 2.19. The summed E-state index contributed by atoms with van der Waals surface area (Å²) in [5.41, 5.74) is 0. The van der Waals surface area contributed by atoms with Crippen LogP contribution in [0.25, 0.3) is 0 Å². The van der Waals surface area contributed by atoms with Crippen LogP contribution in [0.4, 0.5) is 0 Å². The fraction of sp³-hybridized carbons (Fsp3) is 0.922. The van der Waals surface area contributed by atoms with Crippen molar-refractivity contribution in [2.45, 2.75) is 367 Å². The number of allylic oxidation sites excluding steroid dienone is 2. The van der Waals surface area contributed by atoms with Crippen molar-refractivity contribution in [3.05, 3.63) is 12.2 Å². The molecule has 0 saturated heterocycles. The van der Waals surface area contributed by atoms with E-state index in [9.17, 15) is 14.4 Å². The van der Waals surface area contributed by atoms with Gasteiger partial charge in [0.2, 0.25) is 0 Å². The molecule has 0 rings (SSSR count).